The van der Waals surface area contributed by atoms with Crippen molar-refractivity contribution in [3.05, 3.63) is 32.7 Å². The van der Waals surface area contributed by atoms with Gasteiger partial charge in [0.2, 0.25) is 0 Å². The number of methoxy groups -OCH3 is 1. The van der Waals surface area contributed by atoms with E-state index < -0.39 is 0 Å². The van der Waals surface area contributed by atoms with Gasteiger partial charge in [-0.1, -0.05) is 16.1 Å². The molecule has 17 heavy (non-hydrogen) atoms. The van der Waals surface area contributed by atoms with Gasteiger partial charge in [-0.05, 0) is 34.1 Å². The van der Waals surface area contributed by atoms with Crippen LogP contribution in [0.5, 0.6) is 11.5 Å². The minimum atomic E-state index is 0.292. The second-order valence-corrected chi connectivity index (χ2v) is 5.29. The molecule has 0 bridgehead atoms. The van der Waals surface area contributed by atoms with Crippen molar-refractivity contribution in [1.29, 1.82) is 0 Å². The van der Waals surface area contributed by atoms with Gasteiger partial charge in [-0.2, -0.15) is 0 Å². The van der Waals surface area contributed by atoms with Crippen molar-refractivity contribution in [2.45, 2.75) is 6.61 Å². The topological polar surface area (TPSA) is 44.2 Å². The van der Waals surface area contributed by atoms with E-state index in [2.05, 4.69) is 25.5 Å². The van der Waals surface area contributed by atoms with Crippen LogP contribution < -0.4 is 9.47 Å². The van der Waals surface area contributed by atoms with Crippen LogP contribution in [-0.4, -0.2) is 16.7 Å². The number of ether oxygens (including phenoxy) is 2. The molecular formula is C10H8BrClN2O2S. The molecule has 0 N–H and O–H groups in total. The van der Waals surface area contributed by atoms with Crippen molar-refractivity contribution >= 4 is 39.1 Å². The van der Waals surface area contributed by atoms with Crippen LogP contribution in [0.3, 0.4) is 0 Å². The summed E-state index contributed by atoms with van der Waals surface area (Å²) >= 11 is 10.4. The molecule has 90 valence electrons. The van der Waals surface area contributed by atoms with Gasteiger partial charge < -0.3 is 9.47 Å². The maximum Gasteiger partial charge on any atom is 0.141 e. The van der Waals surface area contributed by atoms with Gasteiger partial charge in [-0.15, -0.1) is 5.10 Å². The SMILES string of the molecule is COc1ccc(OCc2nnsc2Cl)c(Br)c1. The van der Waals surface area contributed by atoms with Crippen molar-refractivity contribution in [1.82, 2.24) is 9.59 Å². The van der Waals surface area contributed by atoms with E-state index in [1.165, 1.54) is 0 Å². The fourth-order valence-corrected chi connectivity index (χ4v) is 2.23. The predicted molar refractivity (Wildman–Crippen MR) is 69.9 cm³/mol. The summed E-state index contributed by atoms with van der Waals surface area (Å²) in [7, 11) is 1.61. The first-order chi connectivity index (χ1) is 8.20. The van der Waals surface area contributed by atoms with Crippen LogP contribution in [0, 0.1) is 0 Å². The van der Waals surface area contributed by atoms with Gasteiger partial charge in [0, 0.05) is 11.5 Å². The number of rotatable bonds is 4. The van der Waals surface area contributed by atoms with E-state index in [1.807, 2.05) is 18.2 Å². The first-order valence-electron chi connectivity index (χ1n) is 4.64. The van der Waals surface area contributed by atoms with Crippen molar-refractivity contribution in [2.24, 2.45) is 0 Å². The Morgan fingerprint density at radius 2 is 2.29 bits per heavy atom. The zero-order valence-corrected chi connectivity index (χ0v) is 12.0. The van der Waals surface area contributed by atoms with E-state index in [0.717, 1.165) is 21.8 Å². The lowest BCUT2D eigenvalue weighted by molar-refractivity contribution is 0.298. The number of hydrogen-bond acceptors (Lipinski definition) is 5. The molecule has 1 heterocycles. The van der Waals surface area contributed by atoms with E-state index in [-0.39, 0.29) is 0 Å². The number of aromatic nitrogens is 2. The smallest absolute Gasteiger partial charge is 0.141 e. The molecule has 1 aromatic carbocycles. The van der Waals surface area contributed by atoms with E-state index in [0.29, 0.717) is 22.4 Å². The molecule has 0 spiro atoms. The molecule has 0 fully saturated rings. The number of nitrogens with zero attached hydrogens (tertiary/aromatic N) is 2. The van der Waals surface area contributed by atoms with Crippen LogP contribution in [0.2, 0.25) is 4.34 Å². The molecule has 2 rings (SSSR count). The van der Waals surface area contributed by atoms with Crippen LogP contribution in [0.15, 0.2) is 22.7 Å². The second kappa shape index (κ2) is 5.66. The maximum absolute atomic E-state index is 5.88. The predicted octanol–water partition coefficient (Wildman–Crippen LogP) is 3.54. The van der Waals surface area contributed by atoms with Crippen molar-refractivity contribution < 1.29 is 9.47 Å². The van der Waals surface area contributed by atoms with Crippen LogP contribution in [0.1, 0.15) is 5.69 Å². The Bertz CT molecular complexity index is 521. The molecule has 4 nitrogen and oxygen atoms in total. The van der Waals surface area contributed by atoms with Crippen molar-refractivity contribution in [3.8, 4) is 11.5 Å². The molecule has 0 radical (unpaired) electrons. The minimum absolute atomic E-state index is 0.292. The zero-order chi connectivity index (χ0) is 12.3. The number of hydrogen-bond donors (Lipinski definition) is 0. The van der Waals surface area contributed by atoms with E-state index in [4.69, 9.17) is 21.1 Å². The van der Waals surface area contributed by atoms with Crippen molar-refractivity contribution in [3.63, 3.8) is 0 Å². The molecule has 0 saturated heterocycles. The molecular weight excluding hydrogens is 328 g/mol. The lowest BCUT2D eigenvalue weighted by Crippen LogP contribution is -1.97. The van der Waals surface area contributed by atoms with Gasteiger partial charge in [0.05, 0.1) is 11.6 Å². The third kappa shape index (κ3) is 3.08. The van der Waals surface area contributed by atoms with Gasteiger partial charge in [0.15, 0.2) is 0 Å². The Morgan fingerprint density at radius 3 is 2.88 bits per heavy atom. The quantitative estimate of drug-likeness (QED) is 0.857. The third-order valence-corrected chi connectivity index (χ3v) is 3.62. The van der Waals surface area contributed by atoms with Crippen LogP contribution in [-0.2, 0) is 6.61 Å². The highest BCUT2D eigenvalue weighted by atomic mass is 79.9. The fourth-order valence-electron chi connectivity index (χ4n) is 1.15. The summed E-state index contributed by atoms with van der Waals surface area (Å²) in [6.45, 7) is 0.292. The van der Waals surface area contributed by atoms with Gasteiger partial charge >= 0.3 is 0 Å². The first kappa shape index (κ1) is 12.6. The van der Waals surface area contributed by atoms with Crippen molar-refractivity contribution in [2.75, 3.05) is 7.11 Å². The lowest BCUT2D eigenvalue weighted by atomic mass is 10.3. The summed E-state index contributed by atoms with van der Waals surface area (Å²) in [5, 5.41) is 3.87. The summed E-state index contributed by atoms with van der Waals surface area (Å²) in [5.41, 5.74) is 0.638. The maximum atomic E-state index is 5.88. The molecule has 0 atom stereocenters. The monoisotopic (exact) mass is 334 g/mol. The summed E-state index contributed by atoms with van der Waals surface area (Å²) in [4.78, 5) is 0. The van der Waals surface area contributed by atoms with Gasteiger partial charge in [-0.25, -0.2) is 0 Å². The summed E-state index contributed by atoms with van der Waals surface area (Å²) < 4.78 is 15.8. The van der Waals surface area contributed by atoms with Gasteiger partial charge in [0.25, 0.3) is 0 Å². The van der Waals surface area contributed by atoms with Crippen LogP contribution >= 0.6 is 39.1 Å². The highest BCUT2D eigenvalue weighted by Gasteiger charge is 2.08. The molecule has 0 aliphatic heterocycles. The molecule has 0 saturated carbocycles. The Hall–Kier alpha value is -0.850. The van der Waals surface area contributed by atoms with Gasteiger partial charge in [0.1, 0.15) is 28.1 Å². The largest absolute Gasteiger partial charge is 0.497 e. The average molecular weight is 336 g/mol. The van der Waals surface area contributed by atoms with E-state index in [1.54, 1.807) is 7.11 Å². The third-order valence-electron chi connectivity index (χ3n) is 2.01. The minimum Gasteiger partial charge on any atom is -0.497 e. The Morgan fingerprint density at radius 1 is 1.47 bits per heavy atom. The highest BCUT2D eigenvalue weighted by molar-refractivity contribution is 9.10. The standard InChI is InChI=1S/C10H8BrClN2O2S/c1-15-6-2-3-9(7(11)4-6)16-5-8-10(12)17-14-13-8/h2-4H,5H2,1H3. The molecule has 2 aromatic rings. The molecule has 0 aliphatic rings. The van der Waals surface area contributed by atoms with Crippen LogP contribution in [0.4, 0.5) is 0 Å². The molecule has 1 aromatic heterocycles. The first-order valence-corrected chi connectivity index (χ1v) is 6.58. The van der Waals surface area contributed by atoms with E-state index >= 15 is 0 Å². The lowest BCUT2D eigenvalue weighted by Gasteiger charge is -2.08. The molecule has 0 unspecified atom stereocenters. The zero-order valence-electron chi connectivity index (χ0n) is 8.81. The normalized spacial score (nSPS) is 10.3. The number of halogens is 2. The number of benzene rings is 1. The molecule has 7 heteroatoms. The summed E-state index contributed by atoms with van der Waals surface area (Å²) in [6.07, 6.45) is 0. The molecule has 0 amide bonds. The summed E-state index contributed by atoms with van der Waals surface area (Å²) in [5.74, 6) is 1.47. The molecule has 0 aliphatic carbocycles. The Kier molecular flexibility index (Phi) is 4.20. The fraction of sp³-hybridized carbons (Fsp3) is 0.200. The van der Waals surface area contributed by atoms with Crippen LogP contribution in [0.25, 0.3) is 0 Å². The Balaban J connectivity index is 2.07. The van der Waals surface area contributed by atoms with E-state index in [9.17, 15) is 0 Å². The second-order valence-electron chi connectivity index (χ2n) is 3.08. The van der Waals surface area contributed by atoms with Gasteiger partial charge in [-0.3, -0.25) is 0 Å². The Labute approximate surface area is 116 Å². The highest BCUT2D eigenvalue weighted by Crippen LogP contribution is 2.30. The summed E-state index contributed by atoms with van der Waals surface area (Å²) in [6, 6.07) is 5.47. The average Bonchev–Trinajstić information content (AvgIpc) is 2.73.